The van der Waals surface area contributed by atoms with Crippen LogP contribution < -0.4 is 0 Å². The highest BCUT2D eigenvalue weighted by atomic mass is 16.6. The smallest absolute Gasteiger partial charge is 0.311 e. The molecule has 3 rings (SSSR count). The molecular weight excluding hydrogens is 268 g/mol. The van der Waals surface area contributed by atoms with Crippen LogP contribution in [-0.4, -0.2) is 30.9 Å². The molecule has 1 aromatic carbocycles. The summed E-state index contributed by atoms with van der Waals surface area (Å²) in [4.78, 5) is 11.7. The van der Waals surface area contributed by atoms with Crippen molar-refractivity contribution in [3.05, 3.63) is 35.9 Å². The predicted octanol–water partition coefficient (Wildman–Crippen LogP) is 2.56. The topological polar surface area (TPSA) is 44.8 Å². The van der Waals surface area contributed by atoms with Crippen molar-refractivity contribution in [2.45, 2.75) is 44.7 Å². The fourth-order valence-electron chi connectivity index (χ4n) is 3.57. The number of ether oxygens (including phenoxy) is 3. The molecule has 0 bridgehead atoms. The summed E-state index contributed by atoms with van der Waals surface area (Å²) in [5, 5.41) is 0. The van der Waals surface area contributed by atoms with E-state index in [0.717, 1.165) is 12.0 Å². The quantitative estimate of drug-likeness (QED) is 0.799. The first-order chi connectivity index (χ1) is 10.1. The number of esters is 1. The second-order valence-electron chi connectivity index (χ2n) is 6.11. The van der Waals surface area contributed by atoms with Crippen LogP contribution in [-0.2, 0) is 25.6 Å². The Morgan fingerprint density at radius 3 is 2.71 bits per heavy atom. The molecule has 2 unspecified atom stereocenters. The summed E-state index contributed by atoms with van der Waals surface area (Å²) in [7, 11) is 1.43. The van der Waals surface area contributed by atoms with Crippen LogP contribution in [0, 0.1) is 11.8 Å². The first-order valence-corrected chi connectivity index (χ1v) is 7.49. The third kappa shape index (κ3) is 2.47. The molecule has 0 N–H and O–H groups in total. The number of rotatable bonds is 4. The van der Waals surface area contributed by atoms with E-state index in [1.54, 1.807) is 0 Å². The number of methoxy groups -OCH3 is 1. The Morgan fingerprint density at radius 2 is 2.05 bits per heavy atom. The summed E-state index contributed by atoms with van der Waals surface area (Å²) in [5.41, 5.74) is 0.784. The van der Waals surface area contributed by atoms with E-state index in [-0.39, 0.29) is 35.6 Å². The van der Waals surface area contributed by atoms with E-state index in [4.69, 9.17) is 14.2 Å². The van der Waals surface area contributed by atoms with Crippen LogP contribution in [0.25, 0.3) is 0 Å². The van der Waals surface area contributed by atoms with E-state index >= 15 is 0 Å². The average Bonchev–Trinajstić information content (AvgIpc) is 3.17. The first kappa shape index (κ1) is 14.5. The summed E-state index contributed by atoms with van der Waals surface area (Å²) < 4.78 is 17.0. The summed E-state index contributed by atoms with van der Waals surface area (Å²) in [5.74, 6) is -0.108. The molecule has 4 nitrogen and oxygen atoms in total. The lowest BCUT2D eigenvalue weighted by atomic mass is 9.95. The van der Waals surface area contributed by atoms with Gasteiger partial charge in [0.2, 0.25) is 0 Å². The first-order valence-electron chi connectivity index (χ1n) is 7.49. The summed E-state index contributed by atoms with van der Waals surface area (Å²) in [6.45, 7) is 4.71. The van der Waals surface area contributed by atoms with Crippen LogP contribution >= 0.6 is 0 Å². The number of carbonyl (C=O) groups is 1. The Bertz CT molecular complexity index is 515. The molecule has 2 fully saturated rings. The molecule has 1 spiro atoms. The van der Waals surface area contributed by atoms with Crippen LogP contribution in [0.1, 0.15) is 25.8 Å². The zero-order valence-corrected chi connectivity index (χ0v) is 12.7. The van der Waals surface area contributed by atoms with Gasteiger partial charge in [-0.3, -0.25) is 4.79 Å². The normalized spacial score (nSPS) is 37.7. The van der Waals surface area contributed by atoms with Crippen LogP contribution in [0.2, 0.25) is 0 Å². The highest BCUT2D eigenvalue weighted by Gasteiger charge is 2.69. The third-order valence-electron chi connectivity index (χ3n) is 4.86. The summed E-state index contributed by atoms with van der Waals surface area (Å²) >= 11 is 0. The molecule has 1 saturated carbocycles. The van der Waals surface area contributed by atoms with E-state index in [1.165, 1.54) is 7.11 Å². The molecular formula is C17H22O4. The van der Waals surface area contributed by atoms with Crippen molar-refractivity contribution in [2.75, 3.05) is 7.11 Å². The third-order valence-corrected chi connectivity index (χ3v) is 4.86. The predicted molar refractivity (Wildman–Crippen MR) is 77.6 cm³/mol. The Balaban J connectivity index is 1.64. The van der Waals surface area contributed by atoms with Gasteiger partial charge in [-0.05, 0) is 18.9 Å². The van der Waals surface area contributed by atoms with Gasteiger partial charge >= 0.3 is 5.97 Å². The van der Waals surface area contributed by atoms with E-state index in [0.29, 0.717) is 6.61 Å². The van der Waals surface area contributed by atoms with Gasteiger partial charge in [0.15, 0.2) is 0 Å². The second-order valence-corrected chi connectivity index (χ2v) is 6.11. The molecule has 4 heteroatoms. The van der Waals surface area contributed by atoms with E-state index in [2.05, 4.69) is 19.1 Å². The van der Waals surface area contributed by atoms with Gasteiger partial charge in [0.25, 0.3) is 0 Å². The highest BCUT2D eigenvalue weighted by Crippen LogP contribution is 2.59. The standard InChI is InChI=1S/C17H22O4/c1-11-15(20-10-13-7-5-4-6-8-13)12(2)21-17(11)9-14(17)16(18)19-3/h4-8,11-12,14-15H,9-10H2,1-3H3/t11-,12-,14?,15-,17?/m0/s1. The van der Waals surface area contributed by atoms with E-state index < -0.39 is 0 Å². The maximum absolute atomic E-state index is 11.7. The molecule has 1 aromatic rings. The van der Waals surface area contributed by atoms with Crippen LogP contribution in [0.3, 0.4) is 0 Å². The van der Waals surface area contributed by atoms with Crippen molar-refractivity contribution < 1.29 is 19.0 Å². The van der Waals surface area contributed by atoms with Gasteiger partial charge in [-0.2, -0.15) is 0 Å². The SMILES string of the molecule is COC(=O)C1CC12O[C@@H](C)[C@@H](OCc1ccccc1)[C@@H]2C. The minimum atomic E-state index is -0.367. The van der Waals surface area contributed by atoms with E-state index in [9.17, 15) is 4.79 Å². The monoisotopic (exact) mass is 290 g/mol. The Hall–Kier alpha value is -1.39. The minimum absolute atomic E-state index is 0.00151. The van der Waals surface area contributed by atoms with Gasteiger partial charge < -0.3 is 14.2 Å². The number of hydrogen-bond donors (Lipinski definition) is 0. The summed E-state index contributed by atoms with van der Waals surface area (Å²) in [6, 6.07) is 10.1. The van der Waals surface area contributed by atoms with Crippen LogP contribution in [0.4, 0.5) is 0 Å². The number of carbonyl (C=O) groups excluding carboxylic acids is 1. The van der Waals surface area contributed by atoms with Crippen molar-refractivity contribution in [3.63, 3.8) is 0 Å². The molecule has 1 saturated heterocycles. The Labute approximate surface area is 125 Å². The fraction of sp³-hybridized carbons (Fsp3) is 0.588. The van der Waals surface area contributed by atoms with E-state index in [1.807, 2.05) is 25.1 Å². The zero-order chi connectivity index (χ0) is 15.0. The molecule has 0 amide bonds. The Kier molecular flexibility index (Phi) is 3.76. The molecule has 5 atom stereocenters. The second kappa shape index (κ2) is 5.43. The Morgan fingerprint density at radius 1 is 1.33 bits per heavy atom. The van der Waals surface area contributed by atoms with Crippen molar-refractivity contribution in [1.29, 1.82) is 0 Å². The lowest BCUT2D eigenvalue weighted by molar-refractivity contribution is -0.144. The highest BCUT2D eigenvalue weighted by molar-refractivity contribution is 5.78. The molecule has 2 aliphatic rings. The molecule has 0 radical (unpaired) electrons. The van der Waals surface area contributed by atoms with Gasteiger partial charge in [0, 0.05) is 5.92 Å². The van der Waals surface area contributed by atoms with Gasteiger partial charge in [0.05, 0.1) is 37.4 Å². The van der Waals surface area contributed by atoms with Gasteiger partial charge in [-0.25, -0.2) is 0 Å². The molecule has 1 aliphatic carbocycles. The summed E-state index contributed by atoms with van der Waals surface area (Å²) in [6.07, 6.45) is 0.759. The fourth-order valence-corrected chi connectivity index (χ4v) is 3.57. The molecule has 1 heterocycles. The van der Waals surface area contributed by atoms with Gasteiger partial charge in [-0.15, -0.1) is 0 Å². The van der Waals surface area contributed by atoms with Crippen molar-refractivity contribution in [3.8, 4) is 0 Å². The van der Waals surface area contributed by atoms with Crippen molar-refractivity contribution in [1.82, 2.24) is 0 Å². The molecule has 114 valence electrons. The molecule has 21 heavy (non-hydrogen) atoms. The maximum Gasteiger partial charge on any atom is 0.311 e. The maximum atomic E-state index is 11.7. The van der Waals surface area contributed by atoms with Crippen molar-refractivity contribution >= 4 is 5.97 Å². The molecule has 1 aliphatic heterocycles. The van der Waals surface area contributed by atoms with Crippen LogP contribution in [0.5, 0.6) is 0 Å². The average molecular weight is 290 g/mol. The lowest BCUT2D eigenvalue weighted by Crippen LogP contribution is -2.29. The van der Waals surface area contributed by atoms with Gasteiger partial charge in [-0.1, -0.05) is 37.3 Å². The minimum Gasteiger partial charge on any atom is -0.469 e. The zero-order valence-electron chi connectivity index (χ0n) is 12.7. The lowest BCUT2D eigenvalue weighted by Gasteiger charge is -2.20. The van der Waals surface area contributed by atoms with Crippen LogP contribution in [0.15, 0.2) is 30.3 Å². The number of benzene rings is 1. The number of hydrogen-bond acceptors (Lipinski definition) is 4. The largest absolute Gasteiger partial charge is 0.469 e. The van der Waals surface area contributed by atoms with Crippen molar-refractivity contribution in [2.24, 2.45) is 11.8 Å². The van der Waals surface area contributed by atoms with Gasteiger partial charge in [0.1, 0.15) is 0 Å². The molecule has 0 aromatic heterocycles.